The summed E-state index contributed by atoms with van der Waals surface area (Å²) >= 11 is 0. The van der Waals surface area contributed by atoms with Crippen molar-refractivity contribution in [2.75, 3.05) is 14.2 Å². The van der Waals surface area contributed by atoms with Crippen molar-refractivity contribution < 1.29 is 13.9 Å². The number of aryl methyl sites for hydroxylation is 1. The minimum absolute atomic E-state index is 0.524. The van der Waals surface area contributed by atoms with Crippen LogP contribution in [0.4, 0.5) is 0 Å². The highest BCUT2D eigenvalue weighted by Crippen LogP contribution is 2.24. The van der Waals surface area contributed by atoms with Gasteiger partial charge >= 0.3 is 0 Å². The lowest BCUT2D eigenvalue weighted by atomic mass is 10.2. The Bertz CT molecular complexity index is 540. The molecule has 0 aliphatic heterocycles. The van der Waals surface area contributed by atoms with E-state index in [1.165, 1.54) is 0 Å². The van der Waals surface area contributed by atoms with Crippen LogP contribution in [0.15, 0.2) is 22.6 Å². The normalized spacial score (nSPS) is 10.5. The molecule has 2 rings (SSSR count). The maximum Gasteiger partial charge on any atom is 0.230 e. The van der Waals surface area contributed by atoms with E-state index in [1.807, 2.05) is 18.2 Å². The third-order valence-corrected chi connectivity index (χ3v) is 2.65. The van der Waals surface area contributed by atoms with Crippen LogP contribution >= 0.6 is 0 Å². The van der Waals surface area contributed by atoms with Crippen LogP contribution in [-0.2, 0) is 13.1 Å². The molecule has 1 aromatic heterocycles. The molecule has 0 radical (unpaired) electrons. The summed E-state index contributed by atoms with van der Waals surface area (Å²) < 4.78 is 15.8. The van der Waals surface area contributed by atoms with Gasteiger partial charge in [0.05, 0.1) is 20.8 Å². The van der Waals surface area contributed by atoms with Crippen molar-refractivity contribution >= 4 is 0 Å². The van der Waals surface area contributed by atoms with Crippen LogP contribution in [0.1, 0.15) is 17.3 Å². The summed E-state index contributed by atoms with van der Waals surface area (Å²) in [6.07, 6.45) is 0. The Hall–Kier alpha value is -2.08. The molecule has 2 aromatic rings. The molecule has 0 fully saturated rings. The van der Waals surface area contributed by atoms with Crippen LogP contribution in [0.3, 0.4) is 0 Å². The Morgan fingerprint density at radius 1 is 1.16 bits per heavy atom. The second kappa shape index (κ2) is 6.19. The largest absolute Gasteiger partial charge is 0.497 e. The van der Waals surface area contributed by atoms with Gasteiger partial charge in [0.25, 0.3) is 0 Å². The Morgan fingerprint density at radius 3 is 2.63 bits per heavy atom. The average Bonchev–Trinajstić information content (AvgIpc) is 2.84. The highest BCUT2D eigenvalue weighted by Gasteiger charge is 2.06. The van der Waals surface area contributed by atoms with Gasteiger partial charge in [0.1, 0.15) is 11.5 Å². The van der Waals surface area contributed by atoms with E-state index in [2.05, 4.69) is 15.5 Å². The molecule has 0 unspecified atom stereocenters. The summed E-state index contributed by atoms with van der Waals surface area (Å²) in [5.74, 6) is 2.70. The van der Waals surface area contributed by atoms with Crippen LogP contribution < -0.4 is 14.8 Å². The summed E-state index contributed by atoms with van der Waals surface area (Å²) in [7, 11) is 3.27. The number of nitrogens with zero attached hydrogens (tertiary/aromatic N) is 2. The molecule has 1 aromatic carbocycles. The first-order valence-electron chi connectivity index (χ1n) is 5.93. The van der Waals surface area contributed by atoms with Crippen molar-refractivity contribution in [3.05, 3.63) is 35.5 Å². The molecule has 6 nitrogen and oxygen atoms in total. The van der Waals surface area contributed by atoms with Crippen LogP contribution in [0.2, 0.25) is 0 Å². The zero-order chi connectivity index (χ0) is 13.7. The van der Waals surface area contributed by atoms with Crippen LogP contribution in [0, 0.1) is 6.92 Å². The second-order valence-corrected chi connectivity index (χ2v) is 4.00. The predicted molar refractivity (Wildman–Crippen MR) is 69.1 cm³/mol. The van der Waals surface area contributed by atoms with Crippen LogP contribution in [0.5, 0.6) is 11.5 Å². The zero-order valence-corrected chi connectivity index (χ0v) is 11.3. The van der Waals surface area contributed by atoms with Gasteiger partial charge in [0, 0.05) is 25.1 Å². The molecule has 0 saturated carbocycles. The molecule has 0 bridgehead atoms. The first-order chi connectivity index (χ1) is 9.22. The quantitative estimate of drug-likeness (QED) is 0.855. The molecule has 0 aliphatic rings. The van der Waals surface area contributed by atoms with Crippen molar-refractivity contribution in [3.63, 3.8) is 0 Å². The summed E-state index contributed by atoms with van der Waals surface area (Å²) in [4.78, 5) is 0. The van der Waals surface area contributed by atoms with E-state index >= 15 is 0 Å². The molecule has 0 atom stereocenters. The molecule has 6 heteroatoms. The smallest absolute Gasteiger partial charge is 0.230 e. The molecule has 102 valence electrons. The fraction of sp³-hybridized carbons (Fsp3) is 0.385. The second-order valence-electron chi connectivity index (χ2n) is 4.00. The van der Waals surface area contributed by atoms with Crippen molar-refractivity contribution in [1.29, 1.82) is 0 Å². The third-order valence-electron chi connectivity index (χ3n) is 2.65. The van der Waals surface area contributed by atoms with E-state index in [9.17, 15) is 0 Å². The standard InChI is InChI=1S/C13H17N3O3/c1-9-15-16-13(19-9)8-14-7-10-4-5-11(17-2)6-12(10)18-3/h4-6,14H,7-8H2,1-3H3. The Kier molecular flexibility index (Phi) is 4.35. The number of hydrogen-bond donors (Lipinski definition) is 1. The van der Waals surface area contributed by atoms with Crippen molar-refractivity contribution in [2.45, 2.75) is 20.0 Å². The Labute approximate surface area is 111 Å². The lowest BCUT2D eigenvalue weighted by molar-refractivity contribution is 0.388. The molecule has 0 amide bonds. The number of benzene rings is 1. The first kappa shape index (κ1) is 13.4. The number of methoxy groups -OCH3 is 2. The van der Waals surface area contributed by atoms with E-state index in [0.29, 0.717) is 24.9 Å². The van der Waals surface area contributed by atoms with Gasteiger partial charge in [0.2, 0.25) is 11.8 Å². The van der Waals surface area contributed by atoms with Gasteiger partial charge in [-0.2, -0.15) is 0 Å². The number of nitrogens with one attached hydrogen (secondary N) is 1. The highest BCUT2D eigenvalue weighted by atomic mass is 16.5. The maximum atomic E-state index is 5.32. The summed E-state index contributed by atoms with van der Waals surface area (Å²) in [5, 5.41) is 10.9. The van der Waals surface area contributed by atoms with E-state index < -0.39 is 0 Å². The summed E-state index contributed by atoms with van der Waals surface area (Å²) in [5.41, 5.74) is 1.04. The van der Waals surface area contributed by atoms with Crippen molar-refractivity contribution in [1.82, 2.24) is 15.5 Å². The predicted octanol–water partition coefficient (Wildman–Crippen LogP) is 1.69. The lowest BCUT2D eigenvalue weighted by Gasteiger charge is -2.10. The minimum atomic E-state index is 0.524. The Balaban J connectivity index is 1.95. The molecule has 0 spiro atoms. The topological polar surface area (TPSA) is 69.4 Å². The number of ether oxygens (including phenoxy) is 2. The van der Waals surface area contributed by atoms with E-state index in [-0.39, 0.29) is 0 Å². The minimum Gasteiger partial charge on any atom is -0.497 e. The van der Waals surface area contributed by atoms with Gasteiger partial charge in [-0.05, 0) is 6.07 Å². The van der Waals surface area contributed by atoms with Crippen molar-refractivity contribution in [3.8, 4) is 11.5 Å². The fourth-order valence-electron chi connectivity index (χ4n) is 1.71. The monoisotopic (exact) mass is 263 g/mol. The molecular weight excluding hydrogens is 246 g/mol. The van der Waals surface area contributed by atoms with Gasteiger partial charge in [-0.15, -0.1) is 10.2 Å². The summed E-state index contributed by atoms with van der Waals surface area (Å²) in [6.45, 7) is 2.94. The van der Waals surface area contributed by atoms with E-state index in [4.69, 9.17) is 13.9 Å². The molecule has 1 heterocycles. The first-order valence-corrected chi connectivity index (χ1v) is 5.93. The Morgan fingerprint density at radius 2 is 2.00 bits per heavy atom. The maximum absolute atomic E-state index is 5.32. The molecule has 0 aliphatic carbocycles. The molecule has 19 heavy (non-hydrogen) atoms. The summed E-state index contributed by atoms with van der Waals surface area (Å²) in [6, 6.07) is 5.72. The third kappa shape index (κ3) is 3.45. The highest BCUT2D eigenvalue weighted by molar-refractivity contribution is 5.40. The SMILES string of the molecule is COc1ccc(CNCc2nnc(C)o2)c(OC)c1. The van der Waals surface area contributed by atoms with E-state index in [0.717, 1.165) is 17.1 Å². The number of aromatic nitrogens is 2. The van der Waals surface area contributed by atoms with Crippen molar-refractivity contribution in [2.24, 2.45) is 0 Å². The van der Waals surface area contributed by atoms with Gasteiger partial charge in [0.15, 0.2) is 0 Å². The van der Waals surface area contributed by atoms with Gasteiger partial charge in [-0.25, -0.2) is 0 Å². The van der Waals surface area contributed by atoms with Gasteiger partial charge < -0.3 is 19.2 Å². The molecule has 1 N–H and O–H groups in total. The van der Waals surface area contributed by atoms with Gasteiger partial charge in [-0.3, -0.25) is 0 Å². The number of hydrogen-bond acceptors (Lipinski definition) is 6. The van der Waals surface area contributed by atoms with Crippen LogP contribution in [-0.4, -0.2) is 24.4 Å². The van der Waals surface area contributed by atoms with Crippen LogP contribution in [0.25, 0.3) is 0 Å². The van der Waals surface area contributed by atoms with E-state index in [1.54, 1.807) is 21.1 Å². The van der Waals surface area contributed by atoms with Gasteiger partial charge in [-0.1, -0.05) is 6.07 Å². The zero-order valence-electron chi connectivity index (χ0n) is 11.3. The molecule has 0 saturated heterocycles. The molecular formula is C13H17N3O3. The average molecular weight is 263 g/mol. The number of rotatable bonds is 6. The fourth-order valence-corrected chi connectivity index (χ4v) is 1.71. The lowest BCUT2D eigenvalue weighted by Crippen LogP contribution is -2.13.